The number of halogens is 1. The molecule has 2 nitrogen and oxygen atoms in total. The van der Waals surface area contributed by atoms with Gasteiger partial charge >= 0.3 is 0 Å². The van der Waals surface area contributed by atoms with Crippen LogP contribution >= 0.6 is 15.9 Å². The molecule has 0 bridgehead atoms. The van der Waals surface area contributed by atoms with E-state index in [2.05, 4.69) is 40.8 Å². The second kappa shape index (κ2) is 5.57. The predicted molar refractivity (Wildman–Crippen MR) is 66.8 cm³/mol. The zero-order valence-electron chi connectivity index (χ0n) is 8.68. The minimum Gasteiger partial charge on any atom is -0.380 e. The first kappa shape index (κ1) is 11.8. The molecule has 1 N–H and O–H groups in total. The lowest BCUT2D eigenvalue weighted by atomic mass is 10.2. The van der Waals surface area contributed by atoms with Crippen LogP contribution in [0.4, 0.5) is 5.69 Å². The fourth-order valence-electron chi connectivity index (χ4n) is 1.07. The molecule has 0 aromatic heterocycles. The molecule has 0 fully saturated rings. The molecule has 0 spiro atoms. The van der Waals surface area contributed by atoms with Gasteiger partial charge in [0, 0.05) is 16.7 Å². The van der Waals surface area contributed by atoms with Crippen LogP contribution in [-0.4, -0.2) is 6.54 Å². The molecule has 0 amide bonds. The monoisotopic (exact) mass is 264 g/mol. The van der Waals surface area contributed by atoms with E-state index in [1.54, 1.807) is 12.1 Å². The molecule has 1 aromatic carbocycles. The normalized spacial score (nSPS) is 9.40. The van der Waals surface area contributed by atoms with E-state index < -0.39 is 0 Å². The Labute approximate surface area is 98.7 Å². The van der Waals surface area contributed by atoms with Crippen molar-refractivity contribution in [3.05, 3.63) is 40.4 Å². The van der Waals surface area contributed by atoms with Crippen molar-refractivity contribution in [1.82, 2.24) is 0 Å². The van der Waals surface area contributed by atoms with Crippen LogP contribution in [0.15, 0.2) is 34.8 Å². The van der Waals surface area contributed by atoms with Crippen molar-refractivity contribution in [1.29, 1.82) is 5.26 Å². The van der Waals surface area contributed by atoms with E-state index in [0.29, 0.717) is 5.56 Å². The molecule has 0 radical (unpaired) electrons. The largest absolute Gasteiger partial charge is 0.380 e. The summed E-state index contributed by atoms with van der Waals surface area (Å²) in [6, 6.07) is 7.59. The lowest BCUT2D eigenvalue weighted by Crippen LogP contribution is -2.03. The Bertz CT molecular complexity index is 405. The Morgan fingerprint density at radius 2 is 2.33 bits per heavy atom. The smallest absolute Gasteiger partial charge is 0.0992 e. The summed E-state index contributed by atoms with van der Waals surface area (Å²) in [5.74, 6) is 0. The SMILES string of the molecule is C=C(CC)CNc1ccc(C#N)cc1Br. The molecule has 0 saturated heterocycles. The standard InChI is InChI=1S/C12H13BrN2/c1-3-9(2)8-15-12-5-4-10(7-14)6-11(12)13/h4-6,15H,2-3,8H2,1H3. The van der Waals surface area contributed by atoms with Gasteiger partial charge in [0.05, 0.1) is 11.6 Å². The summed E-state index contributed by atoms with van der Waals surface area (Å²) in [5.41, 5.74) is 2.80. The first-order chi connectivity index (χ1) is 7.17. The topological polar surface area (TPSA) is 35.8 Å². The molecule has 1 aromatic rings. The number of nitrogens with zero attached hydrogens (tertiary/aromatic N) is 1. The number of nitriles is 1. The highest BCUT2D eigenvalue weighted by atomic mass is 79.9. The number of nitrogens with one attached hydrogen (secondary N) is 1. The Morgan fingerprint density at radius 1 is 1.60 bits per heavy atom. The van der Waals surface area contributed by atoms with Crippen molar-refractivity contribution in [3.63, 3.8) is 0 Å². The van der Waals surface area contributed by atoms with Gasteiger partial charge in [-0.1, -0.05) is 19.1 Å². The molecule has 0 aliphatic heterocycles. The Balaban J connectivity index is 2.71. The number of hydrogen-bond donors (Lipinski definition) is 1. The van der Waals surface area contributed by atoms with Crippen molar-refractivity contribution in [2.45, 2.75) is 13.3 Å². The molecule has 78 valence electrons. The van der Waals surface area contributed by atoms with Crippen molar-refractivity contribution in [2.24, 2.45) is 0 Å². The minimum absolute atomic E-state index is 0.654. The van der Waals surface area contributed by atoms with Gasteiger partial charge in [-0.3, -0.25) is 0 Å². The van der Waals surface area contributed by atoms with Crippen LogP contribution in [0.2, 0.25) is 0 Å². The quantitative estimate of drug-likeness (QED) is 0.842. The summed E-state index contributed by atoms with van der Waals surface area (Å²) < 4.78 is 0.908. The molecule has 0 aliphatic carbocycles. The lowest BCUT2D eigenvalue weighted by molar-refractivity contribution is 1.05. The molecule has 15 heavy (non-hydrogen) atoms. The highest BCUT2D eigenvalue weighted by Crippen LogP contribution is 2.23. The fraction of sp³-hybridized carbons (Fsp3) is 0.250. The van der Waals surface area contributed by atoms with Gasteiger partial charge in [0.2, 0.25) is 0 Å². The molecule has 3 heteroatoms. The van der Waals surface area contributed by atoms with Gasteiger partial charge in [-0.15, -0.1) is 0 Å². The van der Waals surface area contributed by atoms with Gasteiger partial charge < -0.3 is 5.32 Å². The molecule has 0 unspecified atom stereocenters. The molecule has 0 atom stereocenters. The first-order valence-corrected chi connectivity index (χ1v) is 5.56. The van der Waals surface area contributed by atoms with E-state index in [1.807, 2.05) is 6.07 Å². The average molecular weight is 265 g/mol. The summed E-state index contributed by atoms with van der Waals surface area (Å²) in [4.78, 5) is 0. The third-order valence-corrected chi connectivity index (χ3v) is 2.78. The average Bonchev–Trinajstić information content (AvgIpc) is 2.26. The van der Waals surface area contributed by atoms with Crippen molar-refractivity contribution in [2.75, 3.05) is 11.9 Å². The molecular weight excluding hydrogens is 252 g/mol. The predicted octanol–water partition coefficient (Wildman–Crippen LogP) is 3.70. The van der Waals surface area contributed by atoms with Gasteiger partial charge in [0.25, 0.3) is 0 Å². The van der Waals surface area contributed by atoms with E-state index >= 15 is 0 Å². The molecular formula is C12H13BrN2. The maximum Gasteiger partial charge on any atom is 0.0992 e. The second-order valence-corrected chi connectivity index (χ2v) is 4.12. The van der Waals surface area contributed by atoms with Gasteiger partial charge in [-0.05, 0) is 40.5 Å². The zero-order valence-corrected chi connectivity index (χ0v) is 10.3. The maximum absolute atomic E-state index is 8.70. The fourth-order valence-corrected chi connectivity index (χ4v) is 1.59. The van der Waals surface area contributed by atoms with E-state index in [0.717, 1.165) is 28.7 Å². The maximum atomic E-state index is 8.70. The van der Waals surface area contributed by atoms with E-state index in [1.165, 1.54) is 0 Å². The summed E-state index contributed by atoms with van der Waals surface area (Å²) in [5, 5.41) is 12.0. The van der Waals surface area contributed by atoms with Crippen molar-refractivity contribution >= 4 is 21.6 Å². The highest BCUT2D eigenvalue weighted by Gasteiger charge is 2.00. The van der Waals surface area contributed by atoms with Gasteiger partial charge in [0.15, 0.2) is 0 Å². The van der Waals surface area contributed by atoms with Crippen LogP contribution in [-0.2, 0) is 0 Å². The molecule has 0 aliphatic rings. The summed E-state index contributed by atoms with van der Waals surface area (Å²) >= 11 is 3.42. The van der Waals surface area contributed by atoms with Crippen molar-refractivity contribution < 1.29 is 0 Å². The van der Waals surface area contributed by atoms with Crippen LogP contribution in [0, 0.1) is 11.3 Å². The third-order valence-electron chi connectivity index (χ3n) is 2.13. The zero-order chi connectivity index (χ0) is 11.3. The number of anilines is 1. The van der Waals surface area contributed by atoms with E-state index in [9.17, 15) is 0 Å². The van der Waals surface area contributed by atoms with E-state index in [-0.39, 0.29) is 0 Å². The van der Waals surface area contributed by atoms with Crippen LogP contribution in [0.5, 0.6) is 0 Å². The Hall–Kier alpha value is -1.27. The number of benzene rings is 1. The first-order valence-electron chi connectivity index (χ1n) is 4.77. The minimum atomic E-state index is 0.654. The lowest BCUT2D eigenvalue weighted by Gasteiger charge is -2.09. The summed E-state index contributed by atoms with van der Waals surface area (Å²) in [6.45, 7) is 6.77. The molecule has 0 saturated carbocycles. The van der Waals surface area contributed by atoms with Crippen LogP contribution in [0.25, 0.3) is 0 Å². The van der Waals surface area contributed by atoms with Gasteiger partial charge in [-0.25, -0.2) is 0 Å². The summed E-state index contributed by atoms with van der Waals surface area (Å²) in [6.07, 6.45) is 0.973. The van der Waals surface area contributed by atoms with Crippen molar-refractivity contribution in [3.8, 4) is 6.07 Å². The number of rotatable bonds is 4. The van der Waals surface area contributed by atoms with Gasteiger partial charge in [0.1, 0.15) is 0 Å². The number of hydrogen-bond acceptors (Lipinski definition) is 2. The van der Waals surface area contributed by atoms with Crippen LogP contribution < -0.4 is 5.32 Å². The third kappa shape index (κ3) is 3.41. The highest BCUT2D eigenvalue weighted by molar-refractivity contribution is 9.10. The van der Waals surface area contributed by atoms with E-state index in [4.69, 9.17) is 5.26 Å². The Morgan fingerprint density at radius 3 is 2.87 bits per heavy atom. The van der Waals surface area contributed by atoms with Crippen LogP contribution in [0.3, 0.4) is 0 Å². The second-order valence-electron chi connectivity index (χ2n) is 3.26. The summed E-state index contributed by atoms with van der Waals surface area (Å²) in [7, 11) is 0. The molecule has 0 heterocycles. The molecule has 1 rings (SSSR count). The van der Waals surface area contributed by atoms with Crippen LogP contribution in [0.1, 0.15) is 18.9 Å². The van der Waals surface area contributed by atoms with Gasteiger partial charge in [-0.2, -0.15) is 5.26 Å². The Kier molecular flexibility index (Phi) is 4.38.